The fourth-order valence-electron chi connectivity index (χ4n) is 1.86. The Balaban J connectivity index is 2.14. The first-order valence-corrected chi connectivity index (χ1v) is 6.97. The van der Waals surface area contributed by atoms with Crippen LogP contribution in [0.3, 0.4) is 0 Å². The number of hydrogen-bond donors (Lipinski definition) is 2. The van der Waals surface area contributed by atoms with Crippen LogP contribution in [0.5, 0.6) is 5.75 Å². The molecule has 21 heavy (non-hydrogen) atoms. The minimum absolute atomic E-state index is 0.0689. The molecule has 2 rings (SSSR count). The van der Waals surface area contributed by atoms with Crippen LogP contribution in [-0.2, 0) is 6.54 Å². The fourth-order valence-corrected chi connectivity index (χ4v) is 2.35. The van der Waals surface area contributed by atoms with Gasteiger partial charge >= 0.3 is 0 Å². The van der Waals surface area contributed by atoms with Crippen LogP contribution in [0.25, 0.3) is 0 Å². The maximum absolute atomic E-state index is 13.3. The Hall–Kier alpha value is -2.08. The summed E-state index contributed by atoms with van der Waals surface area (Å²) in [7, 11) is 1.57. The second-order valence-corrected chi connectivity index (χ2v) is 5.20. The average molecular weight is 353 g/mol. The molecule has 6 heteroatoms. The lowest BCUT2D eigenvalue weighted by Gasteiger charge is -2.11. The molecule has 0 radical (unpaired) electrons. The number of rotatable bonds is 4. The topological polar surface area (TPSA) is 64.3 Å². The molecule has 0 aliphatic rings. The highest BCUT2D eigenvalue weighted by Gasteiger charge is 2.13. The summed E-state index contributed by atoms with van der Waals surface area (Å²) in [6.07, 6.45) is 0. The van der Waals surface area contributed by atoms with Crippen molar-refractivity contribution >= 4 is 27.5 Å². The smallest absolute Gasteiger partial charge is 0.252 e. The van der Waals surface area contributed by atoms with Crippen molar-refractivity contribution in [2.24, 2.45) is 0 Å². The highest BCUT2D eigenvalue weighted by atomic mass is 79.9. The lowest BCUT2D eigenvalue weighted by Crippen LogP contribution is -2.23. The van der Waals surface area contributed by atoms with Gasteiger partial charge in [-0.25, -0.2) is 4.39 Å². The number of amides is 1. The zero-order valence-electron chi connectivity index (χ0n) is 11.3. The molecule has 0 aromatic heterocycles. The van der Waals surface area contributed by atoms with Gasteiger partial charge in [-0.15, -0.1) is 0 Å². The zero-order valence-corrected chi connectivity index (χ0v) is 12.9. The van der Waals surface area contributed by atoms with Crippen molar-refractivity contribution in [2.75, 3.05) is 12.8 Å². The van der Waals surface area contributed by atoms with Crippen molar-refractivity contribution in [1.82, 2.24) is 5.32 Å². The molecule has 2 aromatic rings. The maximum atomic E-state index is 13.3. The van der Waals surface area contributed by atoms with Crippen LogP contribution in [0, 0.1) is 5.82 Å². The fraction of sp³-hybridized carbons (Fsp3) is 0.133. The van der Waals surface area contributed by atoms with E-state index in [9.17, 15) is 9.18 Å². The Bertz CT molecular complexity index is 677. The number of ether oxygens (including phenoxy) is 1. The van der Waals surface area contributed by atoms with E-state index in [1.165, 1.54) is 12.1 Å². The summed E-state index contributed by atoms with van der Waals surface area (Å²) in [5.74, 6) is -0.224. The van der Waals surface area contributed by atoms with E-state index < -0.39 is 5.82 Å². The Morgan fingerprint density at radius 2 is 2.10 bits per heavy atom. The summed E-state index contributed by atoms with van der Waals surface area (Å²) in [6, 6.07) is 9.85. The predicted molar refractivity (Wildman–Crippen MR) is 82.7 cm³/mol. The summed E-state index contributed by atoms with van der Waals surface area (Å²) in [5, 5.41) is 2.75. The zero-order chi connectivity index (χ0) is 15.4. The largest absolute Gasteiger partial charge is 0.496 e. The van der Waals surface area contributed by atoms with Crippen LogP contribution >= 0.6 is 15.9 Å². The standard InChI is InChI=1S/C15H14BrFN2O2/c1-21-14-5-3-2-4-9(14)8-19-15(20)10-6-13(18)12(17)7-11(10)16/h2-7H,8,18H2,1H3,(H,19,20). The molecule has 0 unspecified atom stereocenters. The number of nitrogens with two attached hydrogens (primary N) is 1. The molecular weight excluding hydrogens is 339 g/mol. The van der Waals surface area contributed by atoms with Crippen molar-refractivity contribution in [2.45, 2.75) is 6.54 Å². The number of carbonyl (C=O) groups excluding carboxylic acids is 1. The molecular formula is C15H14BrFN2O2. The number of benzene rings is 2. The third-order valence-electron chi connectivity index (χ3n) is 2.96. The molecule has 4 nitrogen and oxygen atoms in total. The predicted octanol–water partition coefficient (Wildman–Crippen LogP) is 3.11. The number of nitrogens with one attached hydrogen (secondary N) is 1. The minimum Gasteiger partial charge on any atom is -0.496 e. The highest BCUT2D eigenvalue weighted by molar-refractivity contribution is 9.10. The van der Waals surface area contributed by atoms with E-state index >= 15 is 0 Å². The van der Waals surface area contributed by atoms with Gasteiger partial charge in [0.15, 0.2) is 0 Å². The lowest BCUT2D eigenvalue weighted by molar-refractivity contribution is 0.0950. The van der Waals surface area contributed by atoms with Gasteiger partial charge in [-0.3, -0.25) is 4.79 Å². The molecule has 3 N–H and O–H groups in total. The van der Waals surface area contributed by atoms with Crippen molar-refractivity contribution in [3.05, 3.63) is 57.8 Å². The van der Waals surface area contributed by atoms with E-state index in [4.69, 9.17) is 10.5 Å². The Labute approximate surface area is 130 Å². The number of hydrogen-bond acceptors (Lipinski definition) is 3. The maximum Gasteiger partial charge on any atom is 0.252 e. The van der Waals surface area contributed by atoms with Crippen molar-refractivity contribution in [3.63, 3.8) is 0 Å². The van der Waals surface area contributed by atoms with Gasteiger partial charge in [0, 0.05) is 16.6 Å². The Morgan fingerprint density at radius 1 is 1.38 bits per heavy atom. The van der Waals surface area contributed by atoms with Crippen LogP contribution in [0.4, 0.5) is 10.1 Å². The molecule has 1 amide bonds. The van der Waals surface area contributed by atoms with Crippen molar-refractivity contribution in [3.8, 4) is 5.75 Å². The first-order chi connectivity index (χ1) is 10.0. The summed E-state index contributed by atoms with van der Waals surface area (Å²) in [5.41, 5.74) is 6.54. The van der Waals surface area contributed by atoms with Gasteiger partial charge in [-0.2, -0.15) is 0 Å². The molecule has 0 aliphatic heterocycles. The van der Waals surface area contributed by atoms with E-state index in [-0.39, 0.29) is 17.2 Å². The molecule has 0 heterocycles. The molecule has 0 saturated carbocycles. The third-order valence-corrected chi connectivity index (χ3v) is 3.62. The van der Waals surface area contributed by atoms with Gasteiger partial charge in [-0.05, 0) is 34.1 Å². The number of nitrogen functional groups attached to an aromatic ring is 1. The van der Waals surface area contributed by atoms with Crippen LogP contribution < -0.4 is 15.8 Å². The lowest BCUT2D eigenvalue weighted by atomic mass is 10.1. The SMILES string of the molecule is COc1ccccc1CNC(=O)c1cc(N)c(F)cc1Br. The highest BCUT2D eigenvalue weighted by Crippen LogP contribution is 2.23. The first kappa shape index (κ1) is 15.3. The van der Waals surface area contributed by atoms with Gasteiger partial charge in [-0.1, -0.05) is 18.2 Å². The third kappa shape index (κ3) is 3.52. The van der Waals surface area contributed by atoms with Gasteiger partial charge < -0.3 is 15.8 Å². The van der Waals surface area contributed by atoms with Gasteiger partial charge in [0.25, 0.3) is 5.91 Å². The van der Waals surface area contributed by atoms with E-state index in [2.05, 4.69) is 21.2 Å². The van der Waals surface area contributed by atoms with Gasteiger partial charge in [0.2, 0.25) is 0 Å². The average Bonchev–Trinajstić information content (AvgIpc) is 2.48. The molecule has 0 saturated heterocycles. The van der Waals surface area contributed by atoms with E-state index in [0.717, 1.165) is 5.56 Å². The summed E-state index contributed by atoms with van der Waals surface area (Å²) < 4.78 is 18.8. The van der Waals surface area contributed by atoms with Crippen molar-refractivity contribution < 1.29 is 13.9 Å². The van der Waals surface area contributed by atoms with Crippen LogP contribution in [0.2, 0.25) is 0 Å². The van der Waals surface area contributed by atoms with Crippen LogP contribution in [0.15, 0.2) is 40.9 Å². The number of carbonyl (C=O) groups is 1. The van der Waals surface area contributed by atoms with Crippen LogP contribution in [-0.4, -0.2) is 13.0 Å². The Kier molecular flexibility index (Phi) is 4.80. The van der Waals surface area contributed by atoms with Crippen molar-refractivity contribution in [1.29, 1.82) is 0 Å². The molecule has 110 valence electrons. The van der Waals surface area contributed by atoms with E-state index in [1.807, 2.05) is 24.3 Å². The van der Waals surface area contributed by atoms with Gasteiger partial charge in [0.05, 0.1) is 18.4 Å². The Morgan fingerprint density at radius 3 is 2.81 bits per heavy atom. The van der Waals surface area contributed by atoms with Crippen LogP contribution in [0.1, 0.15) is 15.9 Å². The molecule has 2 aromatic carbocycles. The summed E-state index contributed by atoms with van der Waals surface area (Å²) in [6.45, 7) is 0.298. The molecule has 0 spiro atoms. The van der Waals surface area contributed by atoms with E-state index in [0.29, 0.717) is 16.8 Å². The second-order valence-electron chi connectivity index (χ2n) is 4.35. The molecule has 0 fully saturated rings. The minimum atomic E-state index is -0.567. The van der Waals surface area contributed by atoms with Gasteiger partial charge in [0.1, 0.15) is 11.6 Å². The molecule has 0 bridgehead atoms. The quantitative estimate of drug-likeness (QED) is 0.831. The first-order valence-electron chi connectivity index (χ1n) is 6.17. The summed E-state index contributed by atoms with van der Waals surface area (Å²) >= 11 is 3.16. The number of halogens is 2. The molecule has 0 aliphatic carbocycles. The number of methoxy groups -OCH3 is 1. The number of anilines is 1. The summed E-state index contributed by atoms with van der Waals surface area (Å²) in [4.78, 5) is 12.1. The number of para-hydroxylation sites is 1. The second kappa shape index (κ2) is 6.58. The van der Waals surface area contributed by atoms with E-state index in [1.54, 1.807) is 7.11 Å². The normalized spacial score (nSPS) is 10.2. The monoisotopic (exact) mass is 352 g/mol. The molecule has 0 atom stereocenters.